The molecule has 0 amide bonds. The number of aliphatic hydroxyl groups is 1. The molecular weight excluding hydrogens is 253 g/mol. The van der Waals surface area contributed by atoms with Gasteiger partial charge in [0.15, 0.2) is 0 Å². The van der Waals surface area contributed by atoms with Crippen LogP contribution in [0.2, 0.25) is 0 Å². The van der Waals surface area contributed by atoms with E-state index < -0.39 is 6.10 Å². The first-order chi connectivity index (χ1) is 9.69. The Hall–Kier alpha value is -0.930. The monoisotopic (exact) mass is 281 g/mol. The van der Waals surface area contributed by atoms with Crippen LogP contribution in [0.4, 0.5) is 4.39 Å². The summed E-state index contributed by atoms with van der Waals surface area (Å²) in [5.74, 6) is -0.311. The van der Waals surface area contributed by atoms with Crippen molar-refractivity contribution in [3.8, 4) is 0 Å². The fourth-order valence-corrected chi connectivity index (χ4v) is 2.30. The average molecular weight is 281 g/mol. The Morgan fingerprint density at radius 2 is 1.65 bits per heavy atom. The Balaban J connectivity index is 2.46. The quantitative estimate of drug-likeness (QED) is 0.696. The molecule has 3 heteroatoms. The van der Waals surface area contributed by atoms with Gasteiger partial charge in [-0.2, -0.15) is 0 Å². The van der Waals surface area contributed by atoms with Gasteiger partial charge in [0.2, 0.25) is 0 Å². The van der Waals surface area contributed by atoms with Gasteiger partial charge in [0.1, 0.15) is 5.82 Å². The van der Waals surface area contributed by atoms with Crippen LogP contribution in [0.5, 0.6) is 0 Å². The number of unbranched alkanes of at least 4 members (excludes halogenated alkanes) is 2. The van der Waals surface area contributed by atoms with Crippen LogP contribution in [0.3, 0.4) is 0 Å². The highest BCUT2D eigenvalue weighted by Crippen LogP contribution is 2.20. The van der Waals surface area contributed by atoms with Crippen molar-refractivity contribution < 1.29 is 9.50 Å². The number of nitrogens with zero attached hydrogens (tertiary/aromatic N) is 1. The van der Waals surface area contributed by atoms with Crippen LogP contribution in [-0.2, 0) is 0 Å². The number of aliphatic hydroxyl groups excluding tert-OH is 1. The molecule has 1 N–H and O–H groups in total. The maximum absolute atomic E-state index is 13.6. The molecule has 2 nitrogen and oxygen atoms in total. The minimum Gasteiger partial charge on any atom is -0.388 e. The molecule has 20 heavy (non-hydrogen) atoms. The summed E-state index contributed by atoms with van der Waals surface area (Å²) in [4.78, 5) is 2.39. The van der Waals surface area contributed by atoms with Gasteiger partial charge in [0.25, 0.3) is 0 Å². The van der Waals surface area contributed by atoms with E-state index in [0.29, 0.717) is 12.0 Å². The van der Waals surface area contributed by atoms with Gasteiger partial charge < -0.3 is 10.0 Å². The van der Waals surface area contributed by atoms with Crippen LogP contribution >= 0.6 is 0 Å². The van der Waals surface area contributed by atoms with E-state index in [2.05, 4.69) is 18.7 Å². The summed E-state index contributed by atoms with van der Waals surface area (Å²) in [7, 11) is 0. The third-order valence-electron chi connectivity index (χ3n) is 3.64. The van der Waals surface area contributed by atoms with E-state index in [-0.39, 0.29) is 5.82 Å². The predicted octanol–water partition coefficient (Wildman–Crippen LogP) is 4.15. The first-order valence-corrected chi connectivity index (χ1v) is 7.83. The van der Waals surface area contributed by atoms with Crippen LogP contribution in [-0.4, -0.2) is 29.6 Å². The molecule has 0 spiro atoms. The van der Waals surface area contributed by atoms with E-state index in [4.69, 9.17) is 0 Å². The Kier molecular flexibility index (Phi) is 8.47. The minimum atomic E-state index is -0.707. The molecule has 0 fully saturated rings. The van der Waals surface area contributed by atoms with Crippen molar-refractivity contribution in [2.45, 2.75) is 52.1 Å². The summed E-state index contributed by atoms with van der Waals surface area (Å²) in [5, 5.41) is 10.1. The van der Waals surface area contributed by atoms with Crippen molar-refractivity contribution in [2.75, 3.05) is 19.6 Å². The van der Waals surface area contributed by atoms with Gasteiger partial charge in [-0.05, 0) is 38.4 Å². The summed E-state index contributed by atoms with van der Waals surface area (Å²) in [6, 6.07) is 6.50. The molecule has 0 saturated heterocycles. The topological polar surface area (TPSA) is 23.5 Å². The van der Waals surface area contributed by atoms with Gasteiger partial charge >= 0.3 is 0 Å². The lowest BCUT2D eigenvalue weighted by atomic mass is 10.1. The average Bonchev–Trinajstić information content (AvgIpc) is 2.46. The fourth-order valence-electron chi connectivity index (χ4n) is 2.30. The van der Waals surface area contributed by atoms with E-state index in [9.17, 15) is 9.50 Å². The lowest BCUT2D eigenvalue weighted by Gasteiger charge is -2.23. The van der Waals surface area contributed by atoms with Crippen molar-refractivity contribution in [1.82, 2.24) is 4.90 Å². The highest BCUT2D eigenvalue weighted by molar-refractivity contribution is 5.19. The molecule has 1 rings (SSSR count). The van der Waals surface area contributed by atoms with Crippen LogP contribution < -0.4 is 0 Å². The highest BCUT2D eigenvalue weighted by atomic mass is 19.1. The Morgan fingerprint density at radius 3 is 2.20 bits per heavy atom. The molecule has 1 unspecified atom stereocenters. The van der Waals surface area contributed by atoms with Crippen molar-refractivity contribution in [2.24, 2.45) is 0 Å². The summed E-state index contributed by atoms with van der Waals surface area (Å²) < 4.78 is 13.6. The van der Waals surface area contributed by atoms with Gasteiger partial charge in [-0.15, -0.1) is 0 Å². The van der Waals surface area contributed by atoms with Crippen molar-refractivity contribution in [3.63, 3.8) is 0 Å². The molecule has 0 aliphatic carbocycles. The smallest absolute Gasteiger partial charge is 0.128 e. The maximum Gasteiger partial charge on any atom is 0.128 e. The second kappa shape index (κ2) is 9.89. The summed E-state index contributed by atoms with van der Waals surface area (Å²) >= 11 is 0. The number of hydrogen-bond acceptors (Lipinski definition) is 2. The SMILES string of the molecule is CCCCN(CCCC)CCC(O)c1ccccc1F. The Bertz CT molecular complexity index is 362. The van der Waals surface area contributed by atoms with E-state index >= 15 is 0 Å². The third-order valence-corrected chi connectivity index (χ3v) is 3.64. The number of halogens is 1. The van der Waals surface area contributed by atoms with E-state index in [1.807, 2.05) is 0 Å². The van der Waals surface area contributed by atoms with Gasteiger partial charge in [0, 0.05) is 12.1 Å². The summed E-state index contributed by atoms with van der Waals surface area (Å²) in [6.07, 6.45) is 4.60. The van der Waals surface area contributed by atoms with Gasteiger partial charge in [-0.1, -0.05) is 44.9 Å². The van der Waals surface area contributed by atoms with Crippen LogP contribution in [0.1, 0.15) is 57.6 Å². The normalized spacial score (nSPS) is 12.8. The highest BCUT2D eigenvalue weighted by Gasteiger charge is 2.13. The van der Waals surface area contributed by atoms with E-state index in [1.54, 1.807) is 18.2 Å². The third kappa shape index (κ3) is 6.02. The summed E-state index contributed by atoms with van der Waals surface area (Å²) in [6.45, 7) is 7.34. The molecule has 0 saturated carbocycles. The second-order valence-corrected chi connectivity index (χ2v) is 5.37. The fraction of sp³-hybridized carbons (Fsp3) is 0.647. The minimum absolute atomic E-state index is 0.311. The van der Waals surface area contributed by atoms with Gasteiger partial charge in [0.05, 0.1) is 6.10 Å². The zero-order valence-electron chi connectivity index (χ0n) is 12.8. The molecular formula is C17H28FNO. The molecule has 0 aliphatic heterocycles. The molecule has 1 aromatic carbocycles. The van der Waals surface area contributed by atoms with Crippen molar-refractivity contribution in [1.29, 1.82) is 0 Å². The lowest BCUT2D eigenvalue weighted by molar-refractivity contribution is 0.137. The molecule has 114 valence electrons. The summed E-state index contributed by atoms with van der Waals surface area (Å²) in [5.41, 5.74) is 0.415. The molecule has 0 aromatic heterocycles. The Labute approximate surface area is 122 Å². The standard InChI is InChI=1S/C17H28FNO/c1-3-5-12-19(13-6-4-2)14-11-17(20)15-9-7-8-10-16(15)18/h7-10,17,20H,3-6,11-14H2,1-2H3. The first kappa shape index (κ1) is 17.1. The second-order valence-electron chi connectivity index (χ2n) is 5.37. The van der Waals surface area contributed by atoms with E-state index in [1.165, 1.54) is 31.7 Å². The zero-order valence-corrected chi connectivity index (χ0v) is 12.8. The first-order valence-electron chi connectivity index (χ1n) is 7.83. The maximum atomic E-state index is 13.6. The van der Waals surface area contributed by atoms with Gasteiger partial charge in [-0.3, -0.25) is 0 Å². The molecule has 0 bridgehead atoms. The van der Waals surface area contributed by atoms with Gasteiger partial charge in [-0.25, -0.2) is 4.39 Å². The lowest BCUT2D eigenvalue weighted by Crippen LogP contribution is -2.28. The molecule has 1 atom stereocenters. The predicted molar refractivity (Wildman–Crippen MR) is 82.2 cm³/mol. The number of benzene rings is 1. The van der Waals surface area contributed by atoms with Crippen LogP contribution in [0, 0.1) is 5.82 Å². The number of rotatable bonds is 10. The molecule has 0 aliphatic rings. The zero-order chi connectivity index (χ0) is 14.8. The Morgan fingerprint density at radius 1 is 1.05 bits per heavy atom. The van der Waals surface area contributed by atoms with Crippen LogP contribution in [0.15, 0.2) is 24.3 Å². The van der Waals surface area contributed by atoms with Crippen LogP contribution in [0.25, 0.3) is 0 Å². The molecule has 1 aromatic rings. The number of hydrogen-bond donors (Lipinski definition) is 1. The molecule has 0 heterocycles. The van der Waals surface area contributed by atoms with E-state index in [0.717, 1.165) is 19.6 Å². The molecule has 0 radical (unpaired) electrons. The van der Waals surface area contributed by atoms with Crippen molar-refractivity contribution in [3.05, 3.63) is 35.6 Å². The largest absolute Gasteiger partial charge is 0.388 e. The van der Waals surface area contributed by atoms with Crippen molar-refractivity contribution >= 4 is 0 Å².